The SMILES string of the molecule is C=CCC(O)c1nc(/C=C(\C)[C@@H](O)C/C=C(/C)CCC[C@H](C)C(O)[C@@H](C)CO[C@@H](O)CC)cs1. The fraction of sp³-hybridized carbons (Fsp3) is 0.667. The molecule has 194 valence electrons. The number of hydrogen-bond acceptors (Lipinski definition) is 7. The van der Waals surface area contributed by atoms with Gasteiger partial charge < -0.3 is 25.2 Å². The first-order valence-corrected chi connectivity index (χ1v) is 13.2. The number of rotatable bonds is 17. The highest BCUT2D eigenvalue weighted by Crippen LogP contribution is 2.24. The summed E-state index contributed by atoms with van der Waals surface area (Å²) in [4.78, 5) is 4.43. The van der Waals surface area contributed by atoms with Gasteiger partial charge in [0.2, 0.25) is 0 Å². The summed E-state index contributed by atoms with van der Waals surface area (Å²) in [6.45, 7) is 13.8. The Hall–Kier alpha value is -1.35. The van der Waals surface area contributed by atoms with Gasteiger partial charge in [-0.25, -0.2) is 4.98 Å². The van der Waals surface area contributed by atoms with E-state index in [4.69, 9.17) is 4.74 Å². The molecule has 4 N–H and O–H groups in total. The summed E-state index contributed by atoms with van der Waals surface area (Å²) < 4.78 is 5.34. The molecule has 1 aromatic heterocycles. The average Bonchev–Trinajstić information content (AvgIpc) is 3.28. The zero-order valence-corrected chi connectivity index (χ0v) is 22.3. The summed E-state index contributed by atoms with van der Waals surface area (Å²) in [5, 5.41) is 43.1. The minimum atomic E-state index is -0.763. The zero-order valence-electron chi connectivity index (χ0n) is 21.5. The fourth-order valence-corrected chi connectivity index (χ4v) is 4.40. The zero-order chi connectivity index (χ0) is 25.7. The molecule has 0 aliphatic carbocycles. The monoisotopic (exact) mass is 495 g/mol. The van der Waals surface area contributed by atoms with Gasteiger partial charge in [-0.1, -0.05) is 38.5 Å². The van der Waals surface area contributed by atoms with Gasteiger partial charge in [0.15, 0.2) is 6.29 Å². The summed E-state index contributed by atoms with van der Waals surface area (Å²) in [5.41, 5.74) is 2.80. The van der Waals surface area contributed by atoms with Crippen LogP contribution in [0.2, 0.25) is 0 Å². The van der Waals surface area contributed by atoms with E-state index in [1.165, 1.54) is 16.9 Å². The van der Waals surface area contributed by atoms with E-state index in [1.807, 2.05) is 32.2 Å². The molecular weight excluding hydrogens is 450 g/mol. The van der Waals surface area contributed by atoms with Crippen LogP contribution in [0.15, 0.2) is 35.3 Å². The minimum Gasteiger partial charge on any atom is -0.392 e. The van der Waals surface area contributed by atoms with Gasteiger partial charge in [0.05, 0.1) is 24.5 Å². The fourth-order valence-electron chi connectivity index (χ4n) is 3.62. The Bertz CT molecular complexity index is 775. The van der Waals surface area contributed by atoms with Gasteiger partial charge >= 0.3 is 0 Å². The lowest BCUT2D eigenvalue weighted by atomic mass is 9.89. The third-order valence-corrected chi connectivity index (χ3v) is 7.07. The van der Waals surface area contributed by atoms with Crippen LogP contribution in [0, 0.1) is 11.8 Å². The molecule has 0 aliphatic rings. The van der Waals surface area contributed by atoms with Gasteiger partial charge in [-0.3, -0.25) is 0 Å². The smallest absolute Gasteiger partial charge is 0.154 e. The third-order valence-electron chi connectivity index (χ3n) is 6.10. The molecule has 0 spiro atoms. The Morgan fingerprint density at radius 3 is 2.50 bits per heavy atom. The van der Waals surface area contributed by atoms with Gasteiger partial charge in [0.25, 0.3) is 0 Å². The Morgan fingerprint density at radius 2 is 1.85 bits per heavy atom. The highest BCUT2D eigenvalue weighted by atomic mass is 32.1. The van der Waals surface area contributed by atoms with E-state index >= 15 is 0 Å². The summed E-state index contributed by atoms with van der Waals surface area (Å²) >= 11 is 1.41. The van der Waals surface area contributed by atoms with E-state index < -0.39 is 24.6 Å². The van der Waals surface area contributed by atoms with E-state index in [-0.39, 0.29) is 11.8 Å². The molecule has 1 heterocycles. The van der Waals surface area contributed by atoms with Gasteiger partial charge in [-0.2, -0.15) is 0 Å². The number of thiazole rings is 1. The van der Waals surface area contributed by atoms with Crippen molar-refractivity contribution < 1.29 is 25.2 Å². The van der Waals surface area contributed by atoms with Crippen LogP contribution in [-0.4, -0.2) is 50.5 Å². The van der Waals surface area contributed by atoms with Crippen molar-refractivity contribution in [3.05, 3.63) is 46.0 Å². The quantitative estimate of drug-likeness (QED) is 0.170. The van der Waals surface area contributed by atoms with Crippen LogP contribution in [-0.2, 0) is 4.74 Å². The van der Waals surface area contributed by atoms with Crippen LogP contribution in [0.1, 0.15) is 89.9 Å². The van der Waals surface area contributed by atoms with Crippen LogP contribution in [0.25, 0.3) is 6.08 Å². The highest BCUT2D eigenvalue weighted by Gasteiger charge is 2.22. The maximum absolute atomic E-state index is 10.5. The number of aliphatic hydroxyl groups excluding tert-OH is 4. The maximum Gasteiger partial charge on any atom is 0.154 e. The molecule has 1 rings (SSSR count). The van der Waals surface area contributed by atoms with E-state index in [2.05, 4.69) is 31.5 Å². The standard InChI is InChI=1S/C27H45NO5S/c1-7-10-24(30)27-28-22(17-34-27)15-20(5)23(29)14-13-18(3)11-9-12-19(4)26(32)21(6)16-33-25(31)8-2/h7,13,15,17,19,21,23-26,29-32H,1,8-12,14,16H2,2-6H3/b18-13-,20-15+/t19-,21-,23-,24?,25+,26?/m0/s1. The first-order valence-electron chi connectivity index (χ1n) is 12.3. The van der Waals surface area contributed by atoms with E-state index in [9.17, 15) is 20.4 Å². The van der Waals surface area contributed by atoms with E-state index in [0.29, 0.717) is 30.9 Å². The Labute approximate surface area is 209 Å². The van der Waals surface area contributed by atoms with Crippen molar-refractivity contribution in [2.75, 3.05) is 6.61 Å². The van der Waals surface area contributed by atoms with Gasteiger partial charge in [-0.05, 0) is 69.9 Å². The summed E-state index contributed by atoms with van der Waals surface area (Å²) in [5.74, 6) is 0.116. The average molecular weight is 496 g/mol. The Kier molecular flexibility index (Phi) is 14.7. The number of aromatic nitrogens is 1. The van der Waals surface area contributed by atoms with Gasteiger partial charge in [-0.15, -0.1) is 17.9 Å². The number of hydrogen-bond donors (Lipinski definition) is 4. The molecule has 0 amide bonds. The maximum atomic E-state index is 10.5. The summed E-state index contributed by atoms with van der Waals surface area (Å²) in [7, 11) is 0. The van der Waals surface area contributed by atoms with Crippen molar-refractivity contribution in [1.82, 2.24) is 4.98 Å². The molecule has 6 nitrogen and oxygen atoms in total. The summed E-state index contributed by atoms with van der Waals surface area (Å²) in [6, 6.07) is 0. The van der Waals surface area contributed by atoms with Crippen molar-refractivity contribution in [3.63, 3.8) is 0 Å². The Morgan fingerprint density at radius 1 is 1.15 bits per heavy atom. The molecule has 0 saturated heterocycles. The predicted octanol–water partition coefficient (Wildman–Crippen LogP) is 5.40. The second-order valence-corrected chi connectivity index (χ2v) is 10.3. The molecular formula is C27H45NO5S. The Balaban J connectivity index is 2.44. The van der Waals surface area contributed by atoms with Crippen LogP contribution < -0.4 is 0 Å². The van der Waals surface area contributed by atoms with Crippen molar-refractivity contribution in [3.8, 4) is 0 Å². The molecule has 0 radical (unpaired) electrons. The molecule has 2 unspecified atom stereocenters. The normalized spacial score (nSPS) is 18.3. The van der Waals surface area contributed by atoms with Crippen molar-refractivity contribution in [2.24, 2.45) is 11.8 Å². The topological polar surface area (TPSA) is 103 Å². The van der Waals surface area contributed by atoms with Crippen LogP contribution >= 0.6 is 11.3 Å². The highest BCUT2D eigenvalue weighted by molar-refractivity contribution is 7.09. The molecule has 6 atom stereocenters. The van der Waals surface area contributed by atoms with Gasteiger partial charge in [0, 0.05) is 11.3 Å². The number of nitrogens with zero attached hydrogens (tertiary/aromatic N) is 1. The minimum absolute atomic E-state index is 0.0307. The summed E-state index contributed by atoms with van der Waals surface area (Å²) in [6.07, 6.45) is 7.50. The lowest BCUT2D eigenvalue weighted by Gasteiger charge is -2.25. The largest absolute Gasteiger partial charge is 0.392 e. The van der Waals surface area contributed by atoms with Crippen molar-refractivity contribution in [2.45, 2.75) is 97.7 Å². The molecule has 0 saturated carbocycles. The molecule has 0 aliphatic heterocycles. The van der Waals surface area contributed by atoms with Crippen LogP contribution in [0.3, 0.4) is 0 Å². The first kappa shape index (κ1) is 30.7. The lowest BCUT2D eigenvalue weighted by molar-refractivity contribution is -0.122. The molecule has 7 heteroatoms. The predicted molar refractivity (Wildman–Crippen MR) is 140 cm³/mol. The lowest BCUT2D eigenvalue weighted by Crippen LogP contribution is -2.30. The second-order valence-electron chi connectivity index (χ2n) is 9.37. The second kappa shape index (κ2) is 16.3. The van der Waals surface area contributed by atoms with E-state index in [1.54, 1.807) is 6.08 Å². The number of ether oxygens (including phenoxy) is 1. The number of allylic oxidation sites excluding steroid dienone is 1. The molecule has 1 aromatic rings. The third kappa shape index (κ3) is 11.4. The molecule has 0 aromatic carbocycles. The first-order chi connectivity index (χ1) is 16.1. The van der Waals surface area contributed by atoms with Gasteiger partial charge in [0.1, 0.15) is 11.1 Å². The molecule has 0 fully saturated rings. The van der Waals surface area contributed by atoms with Crippen LogP contribution in [0.5, 0.6) is 0 Å². The molecule has 0 bridgehead atoms. The van der Waals surface area contributed by atoms with Crippen molar-refractivity contribution in [1.29, 1.82) is 0 Å². The molecule has 34 heavy (non-hydrogen) atoms. The van der Waals surface area contributed by atoms with E-state index in [0.717, 1.165) is 30.5 Å². The van der Waals surface area contributed by atoms with Crippen LogP contribution in [0.4, 0.5) is 0 Å². The van der Waals surface area contributed by atoms with Crippen molar-refractivity contribution >= 4 is 17.4 Å². The number of aliphatic hydroxyl groups is 4.